The highest BCUT2D eigenvalue weighted by atomic mass is 32.2. The van der Waals surface area contributed by atoms with Gasteiger partial charge in [-0.1, -0.05) is 12.1 Å². The molecule has 4 nitrogen and oxygen atoms in total. The number of nitrogens with one attached hydrogen (secondary N) is 2. The number of hydrogen-bond donors (Lipinski definition) is 2. The molecule has 0 spiro atoms. The Kier molecular flexibility index (Phi) is 4.13. The number of carbonyl (C=O) groups excluding carboxylic acids is 1. The molecule has 1 amide bonds. The van der Waals surface area contributed by atoms with Gasteiger partial charge in [0.25, 0.3) is 0 Å². The van der Waals surface area contributed by atoms with Gasteiger partial charge in [-0.3, -0.25) is 10.1 Å². The maximum atomic E-state index is 11.9. The molecule has 1 fully saturated rings. The molecular weight excluding hydrogens is 258 g/mol. The number of benzene rings is 1. The van der Waals surface area contributed by atoms with Crippen molar-refractivity contribution < 1.29 is 4.79 Å². The summed E-state index contributed by atoms with van der Waals surface area (Å²) in [6.07, 6.45) is 0. The number of anilines is 1. The van der Waals surface area contributed by atoms with Crippen molar-refractivity contribution in [2.45, 2.75) is 25.3 Å². The fourth-order valence-corrected chi connectivity index (χ4v) is 2.77. The molecule has 2 rings (SSSR count). The molecule has 1 aromatic carbocycles. The fourth-order valence-electron chi connectivity index (χ4n) is 1.83. The molecule has 0 saturated carbocycles. The Balaban J connectivity index is 2.03. The highest BCUT2D eigenvalue weighted by Crippen LogP contribution is 2.23. The van der Waals surface area contributed by atoms with E-state index in [1.165, 1.54) is 0 Å². The van der Waals surface area contributed by atoms with Crippen LogP contribution in [0.25, 0.3) is 0 Å². The molecule has 5 heteroatoms. The van der Waals surface area contributed by atoms with E-state index in [2.05, 4.69) is 16.7 Å². The number of nitrogens with zero attached hydrogens (tertiary/aromatic N) is 1. The lowest BCUT2D eigenvalue weighted by Crippen LogP contribution is -2.37. The van der Waals surface area contributed by atoms with E-state index in [9.17, 15) is 4.79 Å². The molecule has 1 aliphatic heterocycles. The summed E-state index contributed by atoms with van der Waals surface area (Å²) in [5.41, 5.74) is 1.20. The van der Waals surface area contributed by atoms with Crippen LogP contribution in [-0.4, -0.2) is 23.6 Å². The van der Waals surface area contributed by atoms with Gasteiger partial charge in [-0.15, -0.1) is 11.8 Å². The van der Waals surface area contributed by atoms with Crippen molar-refractivity contribution in [3.63, 3.8) is 0 Å². The Hall–Kier alpha value is -1.51. The van der Waals surface area contributed by atoms with E-state index in [0.29, 0.717) is 0 Å². The predicted molar refractivity (Wildman–Crippen MR) is 78.0 cm³/mol. The molecule has 1 unspecified atom stereocenters. The summed E-state index contributed by atoms with van der Waals surface area (Å²) >= 11 is 1.72. The fraction of sp³-hybridized carbons (Fsp3) is 0.429. The van der Waals surface area contributed by atoms with Crippen molar-refractivity contribution >= 4 is 23.4 Å². The SMILES string of the molecule is CC(C)(C#N)c1ccc(NC(=O)C2CSCN2)cc1. The monoisotopic (exact) mass is 275 g/mol. The standard InChI is InChI=1S/C14H17N3OS/c1-14(2,8-15)10-3-5-11(6-4-10)17-13(18)12-7-19-9-16-12/h3-6,12,16H,7,9H2,1-2H3,(H,17,18). The van der Waals surface area contributed by atoms with Crippen LogP contribution < -0.4 is 10.6 Å². The van der Waals surface area contributed by atoms with E-state index in [-0.39, 0.29) is 11.9 Å². The van der Waals surface area contributed by atoms with Gasteiger partial charge >= 0.3 is 0 Å². The highest BCUT2D eigenvalue weighted by Gasteiger charge is 2.23. The van der Waals surface area contributed by atoms with Crippen molar-refractivity contribution in [1.82, 2.24) is 5.32 Å². The molecule has 100 valence electrons. The summed E-state index contributed by atoms with van der Waals surface area (Å²) < 4.78 is 0. The van der Waals surface area contributed by atoms with Gasteiger partial charge in [0.15, 0.2) is 0 Å². The third-order valence-electron chi connectivity index (χ3n) is 3.19. The quantitative estimate of drug-likeness (QED) is 0.886. The molecule has 0 bridgehead atoms. The summed E-state index contributed by atoms with van der Waals surface area (Å²) in [5, 5.41) is 15.1. The molecular formula is C14H17N3OS. The average Bonchev–Trinajstić information content (AvgIpc) is 2.93. The minimum Gasteiger partial charge on any atom is -0.325 e. The minimum absolute atomic E-state index is 0.00251. The number of thioether (sulfide) groups is 1. The number of nitriles is 1. The van der Waals surface area contributed by atoms with Crippen molar-refractivity contribution in [1.29, 1.82) is 5.26 Å². The van der Waals surface area contributed by atoms with E-state index in [4.69, 9.17) is 5.26 Å². The summed E-state index contributed by atoms with van der Waals surface area (Å²) in [7, 11) is 0. The van der Waals surface area contributed by atoms with Crippen LogP contribution in [0, 0.1) is 11.3 Å². The molecule has 0 aromatic heterocycles. The lowest BCUT2D eigenvalue weighted by Gasteiger charge is -2.16. The van der Waals surface area contributed by atoms with Gasteiger partial charge in [0.1, 0.15) is 0 Å². The number of rotatable bonds is 3. The molecule has 1 aliphatic rings. The highest BCUT2D eigenvalue weighted by molar-refractivity contribution is 7.99. The zero-order valence-electron chi connectivity index (χ0n) is 11.1. The van der Waals surface area contributed by atoms with Crippen LogP contribution in [-0.2, 0) is 10.2 Å². The lowest BCUT2D eigenvalue weighted by molar-refractivity contribution is -0.117. The lowest BCUT2D eigenvalue weighted by atomic mass is 9.86. The first-order valence-electron chi connectivity index (χ1n) is 6.17. The van der Waals surface area contributed by atoms with Crippen LogP contribution in [0.5, 0.6) is 0 Å². The van der Waals surface area contributed by atoms with Crippen LogP contribution >= 0.6 is 11.8 Å². The van der Waals surface area contributed by atoms with Crippen LogP contribution in [0.1, 0.15) is 19.4 Å². The van der Waals surface area contributed by atoms with Crippen LogP contribution in [0.2, 0.25) is 0 Å². The molecule has 19 heavy (non-hydrogen) atoms. The van der Waals surface area contributed by atoms with Gasteiger partial charge in [-0.2, -0.15) is 5.26 Å². The van der Waals surface area contributed by atoms with Crippen LogP contribution in [0.15, 0.2) is 24.3 Å². The molecule has 0 radical (unpaired) electrons. The number of carbonyl (C=O) groups is 1. The van der Waals surface area contributed by atoms with Gasteiger partial charge in [0, 0.05) is 17.3 Å². The largest absolute Gasteiger partial charge is 0.325 e. The topological polar surface area (TPSA) is 64.9 Å². The smallest absolute Gasteiger partial charge is 0.242 e. The van der Waals surface area contributed by atoms with Gasteiger partial charge in [0.05, 0.1) is 17.5 Å². The van der Waals surface area contributed by atoms with Crippen molar-refractivity contribution in [2.24, 2.45) is 0 Å². The van der Waals surface area contributed by atoms with E-state index in [1.807, 2.05) is 38.1 Å². The van der Waals surface area contributed by atoms with Gasteiger partial charge in [-0.05, 0) is 31.5 Å². The van der Waals surface area contributed by atoms with Gasteiger partial charge in [-0.25, -0.2) is 0 Å². The Morgan fingerprint density at radius 2 is 2.16 bits per heavy atom. The van der Waals surface area contributed by atoms with Gasteiger partial charge in [0.2, 0.25) is 5.91 Å². The molecule has 2 N–H and O–H groups in total. The summed E-state index contributed by atoms with van der Waals surface area (Å²) in [4.78, 5) is 11.9. The first-order valence-corrected chi connectivity index (χ1v) is 7.32. The maximum Gasteiger partial charge on any atom is 0.242 e. The van der Waals surface area contributed by atoms with Crippen molar-refractivity contribution in [3.8, 4) is 6.07 Å². The molecule has 1 heterocycles. The van der Waals surface area contributed by atoms with E-state index >= 15 is 0 Å². The second-order valence-electron chi connectivity index (χ2n) is 5.08. The second kappa shape index (κ2) is 5.64. The maximum absolute atomic E-state index is 11.9. The van der Waals surface area contributed by atoms with Crippen LogP contribution in [0.3, 0.4) is 0 Å². The number of amides is 1. The number of hydrogen-bond acceptors (Lipinski definition) is 4. The van der Waals surface area contributed by atoms with E-state index < -0.39 is 5.41 Å². The summed E-state index contributed by atoms with van der Waals surface area (Å²) in [6.45, 7) is 3.75. The third kappa shape index (κ3) is 3.28. The van der Waals surface area contributed by atoms with Gasteiger partial charge < -0.3 is 5.32 Å². The first kappa shape index (κ1) is 13.9. The first-order chi connectivity index (χ1) is 9.03. The van der Waals surface area contributed by atoms with E-state index in [1.54, 1.807) is 11.8 Å². The molecule has 0 aliphatic carbocycles. The zero-order chi connectivity index (χ0) is 13.9. The summed E-state index contributed by atoms with van der Waals surface area (Å²) in [5.74, 6) is 1.64. The van der Waals surface area contributed by atoms with Crippen LogP contribution in [0.4, 0.5) is 5.69 Å². The Morgan fingerprint density at radius 1 is 1.47 bits per heavy atom. The molecule has 1 saturated heterocycles. The van der Waals surface area contributed by atoms with E-state index in [0.717, 1.165) is 22.9 Å². The summed E-state index contributed by atoms with van der Waals surface area (Å²) in [6, 6.07) is 9.60. The minimum atomic E-state index is -0.508. The normalized spacial score (nSPS) is 18.9. The third-order valence-corrected chi connectivity index (χ3v) is 4.13. The zero-order valence-corrected chi connectivity index (χ0v) is 11.9. The average molecular weight is 275 g/mol. The predicted octanol–water partition coefficient (Wildman–Crippen LogP) is 2.09. The molecule has 1 aromatic rings. The second-order valence-corrected chi connectivity index (χ2v) is 6.11. The Labute approximate surface area is 117 Å². The Morgan fingerprint density at radius 3 is 2.68 bits per heavy atom. The molecule has 1 atom stereocenters. The van der Waals surface area contributed by atoms with Crippen molar-refractivity contribution in [2.75, 3.05) is 16.9 Å². The Bertz CT molecular complexity index is 498. The van der Waals surface area contributed by atoms with Crippen molar-refractivity contribution in [3.05, 3.63) is 29.8 Å².